The van der Waals surface area contributed by atoms with E-state index in [0.717, 1.165) is 38.5 Å². The molecule has 44 heavy (non-hydrogen) atoms. The van der Waals surface area contributed by atoms with Crippen LogP contribution in [-0.2, 0) is 28.4 Å². The molecule has 0 radical (unpaired) electrons. The molecule has 3 fully saturated rings. The van der Waals surface area contributed by atoms with E-state index in [1.807, 2.05) is 0 Å². The Morgan fingerprint density at radius 2 is 0.614 bits per heavy atom. The van der Waals surface area contributed by atoms with Crippen LogP contribution < -0.4 is 0 Å². The molecule has 0 amide bonds. The maximum absolute atomic E-state index is 11.4. The van der Waals surface area contributed by atoms with Gasteiger partial charge in [-0.05, 0) is 67.1 Å². The topological polar surface area (TPSA) is 116 Å². The quantitative estimate of drug-likeness (QED) is 0.234. The molecule has 3 aliphatic carbocycles. The summed E-state index contributed by atoms with van der Waals surface area (Å²) in [5, 5.41) is 34.2. The Kier molecular flexibility index (Phi) is 14.9. The molecule has 9 nitrogen and oxygen atoms in total. The Labute approximate surface area is 267 Å². The zero-order valence-corrected chi connectivity index (χ0v) is 29.2. The lowest BCUT2D eigenvalue weighted by Crippen LogP contribution is -2.59. The van der Waals surface area contributed by atoms with Gasteiger partial charge in [-0.1, -0.05) is 20.8 Å². The first-order valence-corrected chi connectivity index (χ1v) is 16.9. The monoisotopic (exact) mass is 630 g/mol. The van der Waals surface area contributed by atoms with Gasteiger partial charge in [0.15, 0.2) is 0 Å². The molecule has 3 aliphatic rings. The zero-order valence-electron chi connectivity index (χ0n) is 29.2. The number of rotatable bonds is 16. The summed E-state index contributed by atoms with van der Waals surface area (Å²) in [6, 6.07) is 0. The lowest BCUT2D eigenvalue weighted by molar-refractivity contribution is -0.178. The Morgan fingerprint density at radius 1 is 0.409 bits per heavy atom. The van der Waals surface area contributed by atoms with Gasteiger partial charge in [0.1, 0.15) is 0 Å². The molecule has 0 aromatic rings. The summed E-state index contributed by atoms with van der Waals surface area (Å²) >= 11 is 0. The van der Waals surface area contributed by atoms with Crippen molar-refractivity contribution >= 4 is 0 Å². The molecular formula is C35H66O9. The molecular weight excluding hydrogens is 564 g/mol. The van der Waals surface area contributed by atoms with Gasteiger partial charge in [-0.3, -0.25) is 0 Å². The Bertz CT molecular complexity index is 738. The zero-order chi connectivity index (χ0) is 32.7. The average Bonchev–Trinajstić information content (AvgIpc) is 2.99. The van der Waals surface area contributed by atoms with E-state index in [9.17, 15) is 15.3 Å². The summed E-state index contributed by atoms with van der Waals surface area (Å²) < 4.78 is 33.9. The van der Waals surface area contributed by atoms with Crippen molar-refractivity contribution in [2.75, 3.05) is 82.3 Å². The van der Waals surface area contributed by atoms with Crippen LogP contribution in [0.15, 0.2) is 0 Å². The molecule has 0 aromatic heterocycles. The van der Waals surface area contributed by atoms with Crippen molar-refractivity contribution in [2.24, 2.45) is 64.1 Å². The van der Waals surface area contributed by atoms with Crippen molar-refractivity contribution in [3.8, 4) is 0 Å². The number of aliphatic hydroxyl groups is 3. The highest BCUT2D eigenvalue weighted by atomic mass is 16.5. The average molecular weight is 631 g/mol. The van der Waals surface area contributed by atoms with E-state index >= 15 is 0 Å². The Morgan fingerprint density at radius 3 is 0.818 bits per heavy atom. The highest BCUT2D eigenvalue weighted by molar-refractivity contribution is 5.08. The van der Waals surface area contributed by atoms with Crippen LogP contribution in [0.1, 0.15) is 59.3 Å². The summed E-state index contributed by atoms with van der Waals surface area (Å²) in [5.74, 6) is 1.04. The predicted molar refractivity (Wildman–Crippen MR) is 170 cm³/mol. The van der Waals surface area contributed by atoms with Gasteiger partial charge in [-0.15, -0.1) is 0 Å². The van der Waals surface area contributed by atoms with Gasteiger partial charge in [-0.25, -0.2) is 0 Å². The summed E-state index contributed by atoms with van der Waals surface area (Å²) in [5.41, 5.74) is -0.332. The van der Waals surface area contributed by atoms with Gasteiger partial charge in [0, 0.05) is 78.2 Å². The molecule has 0 saturated heterocycles. The van der Waals surface area contributed by atoms with Crippen LogP contribution in [0.3, 0.4) is 0 Å². The molecule has 0 aromatic carbocycles. The molecule has 260 valence electrons. The maximum atomic E-state index is 11.4. The summed E-state index contributed by atoms with van der Waals surface area (Å²) in [6.07, 6.45) is 3.84. The highest BCUT2D eigenvalue weighted by Gasteiger charge is 2.60. The second-order valence-electron chi connectivity index (χ2n) is 15.3. The van der Waals surface area contributed by atoms with Crippen LogP contribution in [-0.4, -0.2) is 116 Å². The van der Waals surface area contributed by atoms with Crippen LogP contribution in [0, 0.1) is 64.1 Å². The molecule has 6 atom stereocenters. The van der Waals surface area contributed by atoms with Gasteiger partial charge in [0.05, 0.1) is 58.0 Å². The largest absolute Gasteiger partial charge is 0.392 e. The summed E-state index contributed by atoms with van der Waals surface area (Å²) in [6.45, 7) is 10.5. The lowest BCUT2D eigenvalue weighted by atomic mass is 9.43. The van der Waals surface area contributed by atoms with Crippen molar-refractivity contribution in [3.63, 3.8) is 0 Å². The standard InChI is InChI=1S/C35H66O9/c1-34(2,28-10-22(16-39-4)31(36)23(11-28)17-40-5)35(3,29-12-24(18-41-6)32(37)25(13-29)19-42-7)30-14-26(20-43-8)33(38)27(15-30)21-44-9/h22-33,36-38H,10-21H2,1-9H3. The van der Waals surface area contributed by atoms with E-state index in [2.05, 4.69) is 20.8 Å². The van der Waals surface area contributed by atoms with Crippen LogP contribution in [0.25, 0.3) is 0 Å². The van der Waals surface area contributed by atoms with Gasteiger partial charge >= 0.3 is 0 Å². The smallest absolute Gasteiger partial charge is 0.0640 e. The number of hydrogen-bond acceptors (Lipinski definition) is 9. The second-order valence-corrected chi connectivity index (χ2v) is 15.3. The van der Waals surface area contributed by atoms with Crippen LogP contribution >= 0.6 is 0 Å². The van der Waals surface area contributed by atoms with Gasteiger partial charge in [0.25, 0.3) is 0 Å². The number of methoxy groups -OCH3 is 6. The van der Waals surface area contributed by atoms with Crippen molar-refractivity contribution in [1.82, 2.24) is 0 Å². The third-order valence-electron chi connectivity index (χ3n) is 12.8. The van der Waals surface area contributed by atoms with Crippen molar-refractivity contribution in [1.29, 1.82) is 0 Å². The van der Waals surface area contributed by atoms with Gasteiger partial charge < -0.3 is 43.7 Å². The molecule has 0 spiro atoms. The van der Waals surface area contributed by atoms with E-state index in [1.54, 1.807) is 42.7 Å². The van der Waals surface area contributed by atoms with E-state index in [0.29, 0.717) is 57.4 Å². The first-order chi connectivity index (χ1) is 20.9. The first-order valence-electron chi connectivity index (χ1n) is 16.9. The summed E-state index contributed by atoms with van der Waals surface area (Å²) in [7, 11) is 10.3. The number of aliphatic hydroxyl groups excluding tert-OH is 3. The van der Waals surface area contributed by atoms with E-state index in [4.69, 9.17) is 28.4 Å². The Balaban J connectivity index is 2.14. The van der Waals surface area contributed by atoms with Crippen LogP contribution in [0.2, 0.25) is 0 Å². The minimum Gasteiger partial charge on any atom is -0.392 e. The highest BCUT2D eigenvalue weighted by Crippen LogP contribution is 2.64. The minimum absolute atomic E-state index is 0.0170. The fourth-order valence-corrected chi connectivity index (χ4v) is 10.2. The lowest BCUT2D eigenvalue weighted by Gasteiger charge is -2.63. The van der Waals surface area contributed by atoms with Gasteiger partial charge in [-0.2, -0.15) is 0 Å². The van der Waals surface area contributed by atoms with Crippen molar-refractivity contribution in [2.45, 2.75) is 77.6 Å². The molecule has 9 heteroatoms. The van der Waals surface area contributed by atoms with Crippen molar-refractivity contribution < 1.29 is 43.7 Å². The van der Waals surface area contributed by atoms with Gasteiger partial charge in [0.2, 0.25) is 0 Å². The fourth-order valence-electron chi connectivity index (χ4n) is 10.2. The maximum Gasteiger partial charge on any atom is 0.0640 e. The van der Waals surface area contributed by atoms with E-state index in [1.165, 1.54) is 0 Å². The third-order valence-corrected chi connectivity index (χ3v) is 12.8. The van der Waals surface area contributed by atoms with E-state index in [-0.39, 0.29) is 46.3 Å². The number of ether oxygens (including phenoxy) is 6. The molecule has 3 saturated carbocycles. The third kappa shape index (κ3) is 8.01. The number of hydrogen-bond donors (Lipinski definition) is 3. The molecule has 0 heterocycles. The van der Waals surface area contributed by atoms with Crippen molar-refractivity contribution in [3.05, 3.63) is 0 Å². The predicted octanol–water partition coefficient (Wildman–Crippen LogP) is 3.91. The van der Waals surface area contributed by atoms with Crippen LogP contribution in [0.4, 0.5) is 0 Å². The van der Waals surface area contributed by atoms with Crippen LogP contribution in [0.5, 0.6) is 0 Å². The molecule has 3 N–H and O–H groups in total. The summed E-state index contributed by atoms with van der Waals surface area (Å²) in [4.78, 5) is 0. The molecule has 6 unspecified atom stereocenters. The SMILES string of the molecule is COCC1CC(C(C)(C)C(C)(C2CC(COC)C(O)C(COC)C2)C2CC(COC)C(O)C(COC)C2)CC(COC)C1O. The molecule has 0 aliphatic heterocycles. The van der Waals surface area contributed by atoms with E-state index < -0.39 is 18.3 Å². The Hall–Kier alpha value is -0.360. The first kappa shape index (κ1) is 38.1. The minimum atomic E-state index is -0.476. The molecule has 0 bridgehead atoms. The second kappa shape index (κ2) is 17.2. The fraction of sp³-hybridized carbons (Fsp3) is 1.00. The molecule has 3 rings (SSSR count). The normalized spacial score (nSPS) is 40.1.